The van der Waals surface area contributed by atoms with Crippen LogP contribution in [0.1, 0.15) is 12.5 Å². The van der Waals surface area contributed by atoms with E-state index in [1.807, 2.05) is 36.4 Å². The van der Waals surface area contributed by atoms with Gasteiger partial charge >= 0.3 is 0 Å². The molecule has 0 atom stereocenters. The summed E-state index contributed by atoms with van der Waals surface area (Å²) in [5, 5.41) is 0.707. The van der Waals surface area contributed by atoms with E-state index in [0.29, 0.717) is 5.02 Å². The fourth-order valence-corrected chi connectivity index (χ4v) is 2.72. The van der Waals surface area contributed by atoms with Gasteiger partial charge in [0.15, 0.2) is 0 Å². The summed E-state index contributed by atoms with van der Waals surface area (Å²) in [5.41, 5.74) is 2.49. The van der Waals surface area contributed by atoms with E-state index in [1.54, 1.807) is 0 Å². The zero-order valence-corrected chi connectivity index (χ0v) is 14.6. The molecule has 0 aliphatic carbocycles. The van der Waals surface area contributed by atoms with Crippen LogP contribution in [-0.2, 0) is 4.74 Å². The average molecular weight is 344 g/mol. The minimum atomic E-state index is 0.707. The lowest BCUT2D eigenvalue weighted by Gasteiger charge is -2.25. The van der Waals surface area contributed by atoms with Gasteiger partial charge < -0.3 is 9.47 Å². The highest BCUT2D eigenvalue weighted by atomic mass is 35.5. The van der Waals surface area contributed by atoms with Crippen molar-refractivity contribution in [1.29, 1.82) is 0 Å². The van der Waals surface area contributed by atoms with Gasteiger partial charge in [-0.1, -0.05) is 29.8 Å². The number of nitrogens with zero attached hydrogens (tertiary/aromatic N) is 1. The molecule has 0 radical (unpaired) electrons. The van der Waals surface area contributed by atoms with Gasteiger partial charge in [0.1, 0.15) is 11.5 Å². The Morgan fingerprint density at radius 3 is 2.25 bits per heavy atom. The summed E-state index contributed by atoms with van der Waals surface area (Å²) >= 11 is 5.88. The van der Waals surface area contributed by atoms with Crippen LogP contribution in [0.4, 0.5) is 0 Å². The highest BCUT2D eigenvalue weighted by molar-refractivity contribution is 6.30. The number of ether oxygens (including phenoxy) is 2. The smallest absolute Gasteiger partial charge is 0.127 e. The minimum Gasteiger partial charge on any atom is -0.457 e. The van der Waals surface area contributed by atoms with E-state index in [4.69, 9.17) is 21.1 Å². The highest BCUT2D eigenvalue weighted by Gasteiger charge is 2.08. The third-order valence-electron chi connectivity index (χ3n) is 4.12. The van der Waals surface area contributed by atoms with E-state index in [9.17, 15) is 0 Å². The fourth-order valence-electron chi connectivity index (χ4n) is 2.59. The molecule has 0 amide bonds. The van der Waals surface area contributed by atoms with Crippen LogP contribution < -0.4 is 4.74 Å². The summed E-state index contributed by atoms with van der Waals surface area (Å²) in [7, 11) is 0. The number of hydrogen-bond acceptors (Lipinski definition) is 3. The van der Waals surface area contributed by atoms with Gasteiger partial charge in [-0.15, -0.1) is 0 Å². The Morgan fingerprint density at radius 2 is 1.62 bits per heavy atom. The van der Waals surface area contributed by atoms with Crippen molar-refractivity contribution in [3.8, 4) is 11.5 Å². The van der Waals surface area contributed by atoms with Crippen molar-refractivity contribution in [3.05, 3.63) is 65.2 Å². The van der Waals surface area contributed by atoms with Crippen LogP contribution in [0.5, 0.6) is 11.5 Å². The molecule has 0 N–H and O–H groups in total. The van der Waals surface area contributed by atoms with E-state index in [1.165, 1.54) is 11.1 Å². The molecular weight excluding hydrogens is 322 g/mol. The van der Waals surface area contributed by atoms with Crippen molar-refractivity contribution in [2.45, 2.75) is 6.92 Å². The van der Waals surface area contributed by atoms with E-state index in [2.05, 4.69) is 30.0 Å². The lowest BCUT2D eigenvalue weighted by molar-refractivity contribution is 0.0435. The number of halogens is 1. The molecule has 0 spiro atoms. The monoisotopic (exact) mass is 343 g/mol. The molecule has 1 fully saturated rings. The van der Waals surface area contributed by atoms with Crippen molar-refractivity contribution in [3.63, 3.8) is 0 Å². The lowest BCUT2D eigenvalue weighted by Crippen LogP contribution is -2.36. The molecule has 0 bridgehead atoms. The maximum absolute atomic E-state index is 5.88. The largest absolute Gasteiger partial charge is 0.457 e. The van der Waals surface area contributed by atoms with Gasteiger partial charge in [0.2, 0.25) is 0 Å². The van der Waals surface area contributed by atoms with Crippen LogP contribution in [0.3, 0.4) is 0 Å². The van der Waals surface area contributed by atoms with E-state index >= 15 is 0 Å². The molecule has 0 saturated carbocycles. The Labute approximate surface area is 148 Å². The topological polar surface area (TPSA) is 21.7 Å². The van der Waals surface area contributed by atoms with E-state index < -0.39 is 0 Å². The van der Waals surface area contributed by atoms with Crippen molar-refractivity contribution < 1.29 is 9.47 Å². The first-order chi connectivity index (χ1) is 11.7. The molecule has 0 unspecified atom stereocenters. The third kappa shape index (κ3) is 4.84. The number of rotatable bonds is 5. The second-order valence-electron chi connectivity index (χ2n) is 5.88. The Balaban J connectivity index is 1.59. The summed E-state index contributed by atoms with van der Waals surface area (Å²) < 4.78 is 11.2. The Kier molecular flexibility index (Phi) is 5.91. The molecule has 2 aromatic rings. The van der Waals surface area contributed by atoms with Crippen molar-refractivity contribution in [2.24, 2.45) is 0 Å². The molecule has 126 valence electrons. The quantitative estimate of drug-likeness (QED) is 0.773. The zero-order chi connectivity index (χ0) is 16.8. The normalized spacial score (nSPS) is 16.2. The van der Waals surface area contributed by atoms with Crippen LogP contribution in [0.25, 0.3) is 5.57 Å². The van der Waals surface area contributed by atoms with Crippen LogP contribution in [0.15, 0.2) is 54.6 Å². The molecule has 3 rings (SSSR count). The molecule has 4 heteroatoms. The Morgan fingerprint density at radius 1 is 1.04 bits per heavy atom. The molecule has 24 heavy (non-hydrogen) atoms. The Hall–Kier alpha value is -1.81. The molecule has 1 saturated heterocycles. The van der Waals surface area contributed by atoms with Crippen molar-refractivity contribution >= 4 is 17.2 Å². The summed E-state index contributed by atoms with van der Waals surface area (Å²) in [6.07, 6.45) is 2.28. The molecule has 3 nitrogen and oxygen atoms in total. The molecule has 0 aromatic heterocycles. The summed E-state index contributed by atoms with van der Waals surface area (Å²) in [4.78, 5) is 2.41. The standard InChI is InChI=1S/C20H22ClNO2/c1-16(10-11-22-12-14-23-15-13-22)17-2-6-19(7-3-17)24-20-8-4-18(21)5-9-20/h2-10H,11-15H2,1H3. The average Bonchev–Trinajstić information content (AvgIpc) is 2.63. The maximum atomic E-state index is 5.88. The number of morpholine rings is 1. The van der Waals surface area contributed by atoms with Crippen LogP contribution in [-0.4, -0.2) is 37.7 Å². The highest BCUT2D eigenvalue weighted by Crippen LogP contribution is 2.25. The van der Waals surface area contributed by atoms with Gasteiger partial charge in [-0.25, -0.2) is 0 Å². The second kappa shape index (κ2) is 8.34. The van der Waals surface area contributed by atoms with Crippen LogP contribution >= 0.6 is 11.6 Å². The van der Waals surface area contributed by atoms with Crippen molar-refractivity contribution in [2.75, 3.05) is 32.8 Å². The summed E-state index contributed by atoms with van der Waals surface area (Å²) in [5.74, 6) is 1.61. The molecule has 1 aliphatic heterocycles. The summed E-state index contributed by atoms with van der Waals surface area (Å²) in [6.45, 7) is 6.82. The van der Waals surface area contributed by atoms with Crippen molar-refractivity contribution in [1.82, 2.24) is 4.90 Å². The zero-order valence-electron chi connectivity index (χ0n) is 13.9. The van der Waals surface area contributed by atoms with E-state index in [-0.39, 0.29) is 0 Å². The van der Waals surface area contributed by atoms with Gasteiger partial charge in [0.25, 0.3) is 0 Å². The SMILES string of the molecule is CC(=CCN1CCOCC1)c1ccc(Oc2ccc(Cl)cc2)cc1. The van der Waals surface area contributed by atoms with Gasteiger partial charge in [-0.3, -0.25) is 4.90 Å². The molecule has 2 aromatic carbocycles. The van der Waals surface area contributed by atoms with Gasteiger partial charge in [0, 0.05) is 24.7 Å². The minimum absolute atomic E-state index is 0.707. The third-order valence-corrected chi connectivity index (χ3v) is 4.37. The fraction of sp³-hybridized carbons (Fsp3) is 0.300. The Bertz CT molecular complexity index is 674. The molecular formula is C20H22ClNO2. The van der Waals surface area contributed by atoms with Gasteiger partial charge in [0.05, 0.1) is 13.2 Å². The lowest BCUT2D eigenvalue weighted by atomic mass is 10.1. The van der Waals surface area contributed by atoms with Crippen LogP contribution in [0.2, 0.25) is 5.02 Å². The van der Waals surface area contributed by atoms with Crippen LogP contribution in [0, 0.1) is 0 Å². The predicted octanol–water partition coefficient (Wildman–Crippen LogP) is 4.87. The first-order valence-corrected chi connectivity index (χ1v) is 8.59. The maximum Gasteiger partial charge on any atom is 0.127 e. The first kappa shape index (κ1) is 17.0. The second-order valence-corrected chi connectivity index (χ2v) is 6.32. The van der Waals surface area contributed by atoms with Gasteiger partial charge in [-0.2, -0.15) is 0 Å². The number of benzene rings is 2. The molecule has 1 heterocycles. The number of hydrogen-bond donors (Lipinski definition) is 0. The first-order valence-electron chi connectivity index (χ1n) is 8.21. The van der Waals surface area contributed by atoms with Gasteiger partial charge in [-0.05, 0) is 54.5 Å². The number of allylic oxidation sites excluding steroid dienone is 1. The summed E-state index contributed by atoms with van der Waals surface area (Å²) in [6, 6.07) is 15.6. The predicted molar refractivity (Wildman–Crippen MR) is 98.9 cm³/mol. The van der Waals surface area contributed by atoms with E-state index in [0.717, 1.165) is 44.3 Å². The molecule has 1 aliphatic rings.